The average Bonchev–Trinajstić information content (AvgIpc) is 3.13. The van der Waals surface area contributed by atoms with Gasteiger partial charge in [-0.1, -0.05) is 53.7 Å². The van der Waals surface area contributed by atoms with Crippen molar-refractivity contribution in [2.24, 2.45) is 0 Å². The molecule has 0 N–H and O–H groups in total. The highest BCUT2D eigenvalue weighted by Gasteiger charge is 2.12. The molecule has 0 aliphatic heterocycles. The van der Waals surface area contributed by atoms with Gasteiger partial charge in [-0.3, -0.25) is 9.88 Å². The minimum atomic E-state index is 0.912. The van der Waals surface area contributed by atoms with Crippen molar-refractivity contribution >= 4 is 0 Å². The predicted molar refractivity (Wildman–Crippen MR) is 83.2 cm³/mol. The summed E-state index contributed by atoms with van der Waals surface area (Å²) in [6, 6.07) is 6.14. The molecule has 0 fully saturated rings. The van der Waals surface area contributed by atoms with E-state index in [1.165, 1.54) is 11.1 Å². The zero-order chi connectivity index (χ0) is 13.6. The lowest BCUT2D eigenvalue weighted by atomic mass is 10.1. The fourth-order valence-corrected chi connectivity index (χ4v) is 2.68. The predicted octanol–water partition coefficient (Wildman–Crippen LogP) is 3.66. The van der Waals surface area contributed by atoms with Gasteiger partial charge in [-0.05, 0) is 25.0 Å². The number of pyridine rings is 1. The first-order valence-electron chi connectivity index (χ1n) is 7.21. The third kappa shape index (κ3) is 3.55. The van der Waals surface area contributed by atoms with E-state index in [4.69, 9.17) is 0 Å². The van der Waals surface area contributed by atoms with E-state index in [-0.39, 0.29) is 0 Å². The van der Waals surface area contributed by atoms with Crippen molar-refractivity contribution in [2.45, 2.75) is 19.4 Å². The van der Waals surface area contributed by atoms with Gasteiger partial charge in [0.2, 0.25) is 0 Å². The van der Waals surface area contributed by atoms with Gasteiger partial charge in [0, 0.05) is 25.8 Å². The molecule has 1 heterocycles. The van der Waals surface area contributed by atoms with Crippen molar-refractivity contribution in [1.29, 1.82) is 0 Å². The molecule has 0 atom stereocenters. The molecule has 3 rings (SSSR count). The molecule has 2 nitrogen and oxygen atoms in total. The highest BCUT2D eigenvalue weighted by molar-refractivity contribution is 5.27. The molecule has 1 aromatic rings. The maximum Gasteiger partial charge on any atom is 0.0544 e. The number of hydrogen-bond acceptors (Lipinski definition) is 2. The molecular weight excluding hydrogens is 244 g/mol. The molecule has 0 radical (unpaired) electrons. The quantitative estimate of drug-likeness (QED) is 0.779. The summed E-state index contributed by atoms with van der Waals surface area (Å²) in [7, 11) is 0. The maximum atomic E-state index is 4.46. The normalized spacial score (nSPS) is 16.9. The van der Waals surface area contributed by atoms with Gasteiger partial charge >= 0.3 is 0 Å². The number of aromatic nitrogens is 1. The summed E-state index contributed by atoms with van der Waals surface area (Å²) in [5.41, 5.74) is 4.13. The van der Waals surface area contributed by atoms with Crippen LogP contribution >= 0.6 is 0 Å². The number of rotatable bonds is 6. The zero-order valence-corrected chi connectivity index (χ0v) is 11.7. The van der Waals surface area contributed by atoms with Gasteiger partial charge < -0.3 is 0 Å². The highest BCUT2D eigenvalue weighted by atomic mass is 15.1. The van der Waals surface area contributed by atoms with Crippen LogP contribution in [-0.4, -0.2) is 23.0 Å². The SMILES string of the molecule is C1=CCC(CN(CC2=CC=CC2)Cc2ccccn2)=C1. The third-order valence-electron chi connectivity index (χ3n) is 3.66. The van der Waals surface area contributed by atoms with Crippen molar-refractivity contribution in [3.63, 3.8) is 0 Å². The monoisotopic (exact) mass is 264 g/mol. The Morgan fingerprint density at radius 2 is 1.60 bits per heavy atom. The third-order valence-corrected chi connectivity index (χ3v) is 3.66. The first kappa shape index (κ1) is 13.1. The van der Waals surface area contributed by atoms with Crippen LogP contribution in [0.5, 0.6) is 0 Å². The van der Waals surface area contributed by atoms with E-state index in [0.29, 0.717) is 0 Å². The van der Waals surface area contributed by atoms with Gasteiger partial charge in [0.25, 0.3) is 0 Å². The number of nitrogens with zero attached hydrogens (tertiary/aromatic N) is 2. The Labute approximate surface area is 120 Å². The van der Waals surface area contributed by atoms with Crippen molar-refractivity contribution in [2.75, 3.05) is 13.1 Å². The molecule has 0 saturated carbocycles. The number of hydrogen-bond donors (Lipinski definition) is 0. The van der Waals surface area contributed by atoms with E-state index in [1.807, 2.05) is 12.3 Å². The van der Waals surface area contributed by atoms with Gasteiger partial charge in [-0.25, -0.2) is 0 Å². The molecule has 0 aromatic carbocycles. The molecule has 2 aliphatic rings. The van der Waals surface area contributed by atoms with E-state index in [2.05, 4.69) is 58.5 Å². The van der Waals surface area contributed by atoms with Crippen molar-refractivity contribution in [1.82, 2.24) is 9.88 Å². The molecule has 2 heteroatoms. The first-order valence-corrected chi connectivity index (χ1v) is 7.21. The molecule has 0 spiro atoms. The molecule has 0 unspecified atom stereocenters. The fourth-order valence-electron chi connectivity index (χ4n) is 2.68. The van der Waals surface area contributed by atoms with Crippen LogP contribution < -0.4 is 0 Å². The Morgan fingerprint density at radius 1 is 0.900 bits per heavy atom. The second-order valence-electron chi connectivity index (χ2n) is 5.38. The molecular formula is C18H20N2. The molecule has 2 aliphatic carbocycles. The maximum absolute atomic E-state index is 4.46. The molecule has 0 amide bonds. The summed E-state index contributed by atoms with van der Waals surface area (Å²) in [4.78, 5) is 6.94. The van der Waals surface area contributed by atoms with E-state index in [1.54, 1.807) is 0 Å². The largest absolute Gasteiger partial charge is 0.290 e. The van der Waals surface area contributed by atoms with Crippen LogP contribution in [0.2, 0.25) is 0 Å². The summed E-state index contributed by atoms with van der Waals surface area (Å²) >= 11 is 0. The summed E-state index contributed by atoms with van der Waals surface area (Å²) in [5.74, 6) is 0. The van der Waals surface area contributed by atoms with Crippen LogP contribution in [0, 0.1) is 0 Å². The lowest BCUT2D eigenvalue weighted by Gasteiger charge is -2.23. The lowest BCUT2D eigenvalue weighted by Crippen LogP contribution is -2.27. The summed E-state index contributed by atoms with van der Waals surface area (Å²) in [5, 5.41) is 0. The average molecular weight is 264 g/mol. The fraction of sp³-hybridized carbons (Fsp3) is 0.278. The molecule has 0 saturated heterocycles. The van der Waals surface area contributed by atoms with Gasteiger partial charge in [0.05, 0.1) is 5.69 Å². The molecule has 102 valence electrons. The van der Waals surface area contributed by atoms with Gasteiger partial charge in [-0.15, -0.1) is 0 Å². The van der Waals surface area contributed by atoms with Crippen molar-refractivity contribution < 1.29 is 0 Å². The standard InChI is InChI=1S/C18H20N2/c1-2-8-16(7-1)13-20(14-17-9-3-4-10-17)15-18-11-5-6-12-19-18/h1-7,9,11-12H,8,10,13-15H2. The minimum Gasteiger partial charge on any atom is -0.290 e. The Hall–Kier alpha value is -1.93. The van der Waals surface area contributed by atoms with Gasteiger partial charge in [0.15, 0.2) is 0 Å². The second-order valence-corrected chi connectivity index (χ2v) is 5.38. The highest BCUT2D eigenvalue weighted by Crippen LogP contribution is 2.17. The van der Waals surface area contributed by atoms with Gasteiger partial charge in [-0.2, -0.15) is 0 Å². The van der Waals surface area contributed by atoms with Crippen LogP contribution in [0.15, 0.2) is 72.0 Å². The van der Waals surface area contributed by atoms with E-state index < -0.39 is 0 Å². The van der Waals surface area contributed by atoms with Crippen LogP contribution in [0.1, 0.15) is 18.5 Å². The minimum absolute atomic E-state index is 0.912. The molecule has 1 aromatic heterocycles. The molecule has 20 heavy (non-hydrogen) atoms. The van der Waals surface area contributed by atoms with Crippen molar-refractivity contribution in [3.05, 3.63) is 77.7 Å². The Balaban J connectivity index is 1.65. The summed E-state index contributed by atoms with van der Waals surface area (Å²) in [6.45, 7) is 2.97. The van der Waals surface area contributed by atoms with Crippen LogP contribution in [0.4, 0.5) is 0 Å². The van der Waals surface area contributed by atoms with Crippen LogP contribution in [0.3, 0.4) is 0 Å². The number of allylic oxidation sites excluding steroid dienone is 6. The lowest BCUT2D eigenvalue weighted by molar-refractivity contribution is 0.306. The van der Waals surface area contributed by atoms with Crippen LogP contribution in [0.25, 0.3) is 0 Å². The summed E-state index contributed by atoms with van der Waals surface area (Å²) < 4.78 is 0. The topological polar surface area (TPSA) is 16.1 Å². The van der Waals surface area contributed by atoms with E-state index >= 15 is 0 Å². The molecule has 0 bridgehead atoms. The van der Waals surface area contributed by atoms with Gasteiger partial charge in [0.1, 0.15) is 0 Å². The first-order chi connectivity index (χ1) is 9.90. The zero-order valence-electron chi connectivity index (χ0n) is 11.7. The Kier molecular flexibility index (Phi) is 4.24. The Bertz CT molecular complexity index is 532. The van der Waals surface area contributed by atoms with Crippen LogP contribution in [-0.2, 0) is 6.54 Å². The Morgan fingerprint density at radius 3 is 2.10 bits per heavy atom. The van der Waals surface area contributed by atoms with Crippen molar-refractivity contribution in [3.8, 4) is 0 Å². The summed E-state index contributed by atoms with van der Waals surface area (Å²) in [6.07, 6.45) is 17.3. The van der Waals surface area contributed by atoms with E-state index in [9.17, 15) is 0 Å². The smallest absolute Gasteiger partial charge is 0.0544 e. The second kappa shape index (κ2) is 6.49. The van der Waals surface area contributed by atoms with E-state index in [0.717, 1.165) is 38.2 Å².